The highest BCUT2D eigenvalue weighted by molar-refractivity contribution is 6.10. The number of fused-ring (bicyclic) bond motifs is 1. The van der Waals surface area contributed by atoms with Crippen LogP contribution in [0.5, 0.6) is 0 Å². The highest BCUT2D eigenvalue weighted by Crippen LogP contribution is 2.37. The maximum atomic E-state index is 13.3. The van der Waals surface area contributed by atoms with Gasteiger partial charge in [-0.25, -0.2) is 4.79 Å². The molecule has 0 spiro atoms. The van der Waals surface area contributed by atoms with Gasteiger partial charge in [0, 0.05) is 6.04 Å². The van der Waals surface area contributed by atoms with E-state index < -0.39 is 48.7 Å². The molecule has 2 aliphatic rings. The van der Waals surface area contributed by atoms with E-state index in [-0.39, 0.29) is 5.92 Å². The predicted octanol–water partition coefficient (Wildman–Crippen LogP) is 3.80. The topological polar surface area (TPSA) is 69.7 Å². The van der Waals surface area contributed by atoms with Crippen LogP contribution in [0, 0.1) is 5.92 Å². The Morgan fingerprint density at radius 1 is 1.19 bits per heavy atom. The number of benzene rings is 2. The second-order valence-electron chi connectivity index (χ2n) is 8.69. The molecule has 1 saturated heterocycles. The van der Waals surface area contributed by atoms with Gasteiger partial charge in [-0.15, -0.1) is 0 Å². The minimum atomic E-state index is -4.58. The summed E-state index contributed by atoms with van der Waals surface area (Å²) in [5.41, 5.74) is -0.878. The minimum Gasteiger partial charge on any atom is -0.329 e. The summed E-state index contributed by atoms with van der Waals surface area (Å²) < 4.78 is 39.3. The first-order chi connectivity index (χ1) is 15.0. The molecule has 2 aromatic carbocycles. The van der Waals surface area contributed by atoms with Gasteiger partial charge >= 0.3 is 12.2 Å². The third-order valence-electron chi connectivity index (χ3n) is 6.36. The van der Waals surface area contributed by atoms with Gasteiger partial charge in [0.2, 0.25) is 5.91 Å². The van der Waals surface area contributed by atoms with Crippen molar-refractivity contribution in [2.24, 2.45) is 5.92 Å². The number of imide groups is 1. The zero-order chi connectivity index (χ0) is 23.3. The number of nitrogens with one attached hydrogen (secondary N) is 1. The van der Waals surface area contributed by atoms with Crippen LogP contribution in [0.3, 0.4) is 0 Å². The quantitative estimate of drug-likeness (QED) is 0.685. The Morgan fingerprint density at radius 2 is 1.84 bits per heavy atom. The van der Waals surface area contributed by atoms with Crippen molar-refractivity contribution in [2.45, 2.75) is 44.4 Å². The van der Waals surface area contributed by atoms with Crippen LogP contribution < -0.4 is 5.32 Å². The van der Waals surface area contributed by atoms with Crippen molar-refractivity contribution in [3.8, 4) is 0 Å². The highest BCUT2D eigenvalue weighted by atomic mass is 19.4. The first-order valence-corrected chi connectivity index (χ1v) is 10.5. The van der Waals surface area contributed by atoms with E-state index in [1.54, 1.807) is 26.0 Å². The first kappa shape index (κ1) is 22.1. The zero-order valence-corrected chi connectivity index (χ0v) is 17.8. The molecule has 2 atom stereocenters. The lowest BCUT2D eigenvalue weighted by Crippen LogP contribution is -2.50. The van der Waals surface area contributed by atoms with E-state index in [1.807, 2.05) is 30.3 Å². The van der Waals surface area contributed by atoms with E-state index >= 15 is 0 Å². The molecule has 0 aromatic heterocycles. The van der Waals surface area contributed by atoms with Gasteiger partial charge in [0.1, 0.15) is 18.6 Å². The molecule has 0 bridgehead atoms. The fourth-order valence-electron chi connectivity index (χ4n) is 4.40. The molecule has 0 radical (unpaired) electrons. The molecule has 170 valence electrons. The van der Waals surface area contributed by atoms with E-state index in [0.717, 1.165) is 28.5 Å². The zero-order valence-electron chi connectivity index (χ0n) is 17.8. The molecule has 1 N–H and O–H groups in total. The average molecular weight is 447 g/mol. The van der Waals surface area contributed by atoms with Crippen LogP contribution in [-0.2, 0) is 15.1 Å². The summed E-state index contributed by atoms with van der Waals surface area (Å²) in [4.78, 5) is 40.3. The van der Waals surface area contributed by atoms with Crippen LogP contribution in [0.15, 0.2) is 42.5 Å². The number of hydrogen-bond acceptors (Lipinski definition) is 3. The number of nitrogens with zero attached hydrogens (tertiary/aromatic N) is 2. The maximum Gasteiger partial charge on any atom is 0.406 e. The fraction of sp³-hybridized carbons (Fsp3) is 0.435. The van der Waals surface area contributed by atoms with E-state index in [0.29, 0.717) is 10.5 Å². The maximum absolute atomic E-state index is 13.3. The molecule has 1 saturated carbocycles. The molecule has 32 heavy (non-hydrogen) atoms. The molecule has 2 aromatic rings. The summed E-state index contributed by atoms with van der Waals surface area (Å²) >= 11 is 0. The Balaban J connectivity index is 1.60. The lowest BCUT2D eigenvalue weighted by Gasteiger charge is -2.31. The summed E-state index contributed by atoms with van der Waals surface area (Å²) in [6, 6.07) is 11.3. The summed E-state index contributed by atoms with van der Waals surface area (Å²) in [7, 11) is 0. The standard InChI is InChI=1S/C23H24F3N3O3/c1-14(15-10-11-15)29(13-23(24,25)26)19(30)12-28-20(31)22(2,27-21(28)32)18-9-5-7-16-6-3-4-8-17(16)18/h3-9,14-15H,10-13H2,1-2H3,(H,27,32). The van der Waals surface area contributed by atoms with Gasteiger partial charge < -0.3 is 10.2 Å². The molecule has 4 amide bonds. The predicted molar refractivity (Wildman–Crippen MR) is 111 cm³/mol. The Kier molecular flexibility index (Phi) is 5.38. The molecule has 9 heteroatoms. The molecule has 1 aliphatic heterocycles. The molecule has 2 fully saturated rings. The molecule has 2 unspecified atom stereocenters. The Labute approximate surface area is 183 Å². The summed E-state index contributed by atoms with van der Waals surface area (Å²) in [6.07, 6.45) is -3.07. The molecule has 1 aliphatic carbocycles. The van der Waals surface area contributed by atoms with Crippen molar-refractivity contribution in [3.05, 3.63) is 48.0 Å². The molecular weight excluding hydrogens is 423 g/mol. The lowest BCUT2D eigenvalue weighted by atomic mass is 9.88. The number of hydrogen-bond donors (Lipinski definition) is 1. The Morgan fingerprint density at radius 3 is 2.50 bits per heavy atom. The van der Waals surface area contributed by atoms with Crippen molar-refractivity contribution in [1.29, 1.82) is 0 Å². The van der Waals surface area contributed by atoms with Crippen LogP contribution in [0.1, 0.15) is 32.3 Å². The summed E-state index contributed by atoms with van der Waals surface area (Å²) in [6.45, 7) is 0.971. The second-order valence-corrected chi connectivity index (χ2v) is 8.69. The number of carbonyl (C=O) groups excluding carboxylic acids is 3. The summed E-state index contributed by atoms with van der Waals surface area (Å²) in [5.74, 6) is -1.56. The third kappa shape index (κ3) is 4.03. The number of carbonyl (C=O) groups is 3. The van der Waals surface area contributed by atoms with Crippen molar-refractivity contribution < 1.29 is 27.6 Å². The molecule has 1 heterocycles. The van der Waals surface area contributed by atoms with Crippen LogP contribution in [0.25, 0.3) is 10.8 Å². The Bertz CT molecular complexity index is 1080. The van der Waals surface area contributed by atoms with Gasteiger partial charge in [0.25, 0.3) is 5.91 Å². The SMILES string of the molecule is CC(C1CC1)N(CC(F)(F)F)C(=O)CN1C(=O)NC(C)(c2cccc3ccccc23)C1=O. The van der Waals surface area contributed by atoms with Crippen LogP contribution >= 0.6 is 0 Å². The van der Waals surface area contributed by atoms with Gasteiger partial charge in [0.15, 0.2) is 0 Å². The molecule has 6 nitrogen and oxygen atoms in total. The van der Waals surface area contributed by atoms with Crippen LogP contribution in [0.4, 0.5) is 18.0 Å². The number of halogens is 3. The van der Waals surface area contributed by atoms with Gasteiger partial charge in [0.05, 0.1) is 0 Å². The second kappa shape index (κ2) is 7.79. The van der Waals surface area contributed by atoms with Gasteiger partial charge in [-0.05, 0) is 48.9 Å². The highest BCUT2D eigenvalue weighted by Gasteiger charge is 2.51. The van der Waals surface area contributed by atoms with E-state index in [2.05, 4.69) is 5.32 Å². The number of rotatable bonds is 6. The van der Waals surface area contributed by atoms with Crippen molar-refractivity contribution >= 4 is 28.6 Å². The largest absolute Gasteiger partial charge is 0.406 e. The smallest absolute Gasteiger partial charge is 0.329 e. The van der Waals surface area contributed by atoms with Gasteiger partial charge in [-0.1, -0.05) is 42.5 Å². The number of urea groups is 1. The minimum absolute atomic E-state index is 0.00496. The third-order valence-corrected chi connectivity index (χ3v) is 6.36. The van der Waals surface area contributed by atoms with Gasteiger partial charge in [-0.3, -0.25) is 14.5 Å². The van der Waals surface area contributed by atoms with Gasteiger partial charge in [-0.2, -0.15) is 13.2 Å². The van der Waals surface area contributed by atoms with Crippen LogP contribution in [-0.4, -0.2) is 53.0 Å². The van der Waals surface area contributed by atoms with Crippen molar-refractivity contribution in [2.75, 3.05) is 13.1 Å². The van der Waals surface area contributed by atoms with E-state index in [9.17, 15) is 27.6 Å². The monoisotopic (exact) mass is 447 g/mol. The first-order valence-electron chi connectivity index (χ1n) is 10.5. The lowest BCUT2D eigenvalue weighted by molar-refractivity contribution is -0.166. The normalized spacial score (nSPS) is 22.2. The number of alkyl halides is 3. The molecular formula is C23H24F3N3O3. The van der Waals surface area contributed by atoms with Crippen molar-refractivity contribution in [1.82, 2.24) is 15.1 Å². The molecule has 4 rings (SSSR count). The van der Waals surface area contributed by atoms with Crippen LogP contribution in [0.2, 0.25) is 0 Å². The summed E-state index contributed by atoms with van der Waals surface area (Å²) in [5, 5.41) is 4.28. The number of amides is 4. The van der Waals surface area contributed by atoms with Crippen molar-refractivity contribution in [3.63, 3.8) is 0 Å². The Hall–Kier alpha value is -3.10. The fourth-order valence-corrected chi connectivity index (χ4v) is 4.40. The average Bonchev–Trinajstić information content (AvgIpc) is 3.56. The van der Waals surface area contributed by atoms with E-state index in [1.165, 1.54) is 0 Å². The van der Waals surface area contributed by atoms with E-state index in [4.69, 9.17) is 0 Å².